The van der Waals surface area contributed by atoms with Crippen LogP contribution in [0, 0.1) is 0 Å². The molecule has 0 aliphatic heterocycles. The van der Waals surface area contributed by atoms with Crippen LogP contribution < -0.4 is 10.0 Å². The van der Waals surface area contributed by atoms with Crippen molar-refractivity contribution in [1.82, 2.24) is 5.32 Å². The number of anilines is 1. The topological polar surface area (TPSA) is 75.3 Å². The summed E-state index contributed by atoms with van der Waals surface area (Å²) in [5, 5.41) is 2.02. The van der Waals surface area contributed by atoms with E-state index in [0.29, 0.717) is 5.56 Å². The molecule has 5 nitrogen and oxygen atoms in total. The van der Waals surface area contributed by atoms with Gasteiger partial charge in [0.05, 0.1) is 10.7 Å². The first-order valence-electron chi connectivity index (χ1n) is 4.47. The average molecular weight is 297 g/mol. The average Bonchev–Trinajstić information content (AvgIpc) is 2.30. The number of hydrogen-bond donors (Lipinski definition) is 2. The summed E-state index contributed by atoms with van der Waals surface area (Å²) in [4.78, 5) is 11.4. The van der Waals surface area contributed by atoms with Crippen LogP contribution in [0.4, 0.5) is 5.69 Å². The first-order chi connectivity index (χ1) is 7.89. The van der Waals surface area contributed by atoms with Crippen LogP contribution in [0.3, 0.4) is 0 Å². The summed E-state index contributed by atoms with van der Waals surface area (Å²) in [6.45, 7) is 0. The number of benzene rings is 1. The molecule has 0 spiro atoms. The minimum atomic E-state index is -3.64. The van der Waals surface area contributed by atoms with Crippen LogP contribution in [0.25, 0.3) is 0 Å². The second-order valence-corrected chi connectivity index (χ2v) is 5.81. The number of nitrogens with one attached hydrogen (secondary N) is 2. The van der Waals surface area contributed by atoms with E-state index in [1.54, 1.807) is 0 Å². The van der Waals surface area contributed by atoms with Gasteiger partial charge < -0.3 is 5.32 Å². The molecule has 17 heavy (non-hydrogen) atoms. The molecule has 8 heteroatoms. The van der Waals surface area contributed by atoms with Crippen molar-refractivity contribution in [3.63, 3.8) is 0 Å². The number of halogens is 2. The van der Waals surface area contributed by atoms with E-state index in [1.165, 1.54) is 25.2 Å². The molecular formula is C9H10Cl2N2O3S. The Labute approximate surface area is 109 Å². The molecule has 0 heterocycles. The maximum Gasteiger partial charge on any atom is 0.251 e. The lowest BCUT2D eigenvalue weighted by Gasteiger charge is -2.09. The third-order valence-corrected chi connectivity index (χ3v) is 3.87. The van der Waals surface area contributed by atoms with E-state index in [9.17, 15) is 13.2 Å². The van der Waals surface area contributed by atoms with E-state index in [4.69, 9.17) is 23.2 Å². The van der Waals surface area contributed by atoms with Crippen molar-refractivity contribution < 1.29 is 13.2 Å². The second kappa shape index (κ2) is 5.57. The molecule has 1 rings (SSSR count). The van der Waals surface area contributed by atoms with Gasteiger partial charge in [-0.25, -0.2) is 8.42 Å². The summed E-state index contributed by atoms with van der Waals surface area (Å²) in [7, 11) is -2.17. The summed E-state index contributed by atoms with van der Waals surface area (Å²) in [6.07, 6.45) is 0. The van der Waals surface area contributed by atoms with Crippen molar-refractivity contribution >= 4 is 44.8 Å². The van der Waals surface area contributed by atoms with Gasteiger partial charge in [-0.15, -0.1) is 11.6 Å². The Morgan fingerprint density at radius 2 is 2.06 bits per heavy atom. The normalized spacial score (nSPS) is 11.0. The molecule has 0 aliphatic rings. The monoisotopic (exact) mass is 296 g/mol. The quantitative estimate of drug-likeness (QED) is 0.830. The van der Waals surface area contributed by atoms with Crippen molar-refractivity contribution in [2.75, 3.05) is 17.0 Å². The third kappa shape index (κ3) is 3.76. The first-order valence-corrected chi connectivity index (χ1v) is 7.04. The molecule has 0 bridgehead atoms. The van der Waals surface area contributed by atoms with Gasteiger partial charge in [0.15, 0.2) is 0 Å². The van der Waals surface area contributed by atoms with Gasteiger partial charge in [0.2, 0.25) is 10.0 Å². The summed E-state index contributed by atoms with van der Waals surface area (Å²) in [5.74, 6) is -0.340. The largest absolute Gasteiger partial charge is 0.355 e. The van der Waals surface area contributed by atoms with E-state index < -0.39 is 15.2 Å². The molecule has 94 valence electrons. The molecule has 1 amide bonds. The zero-order chi connectivity index (χ0) is 13.1. The standard InChI is InChI=1S/C9H10Cl2N2O3S/c1-12-9(14)6-2-3-7(11)8(4-6)13-17(15,16)5-10/h2-4,13H,5H2,1H3,(H,12,14). The number of sulfonamides is 1. The van der Waals surface area contributed by atoms with Crippen LogP contribution in [0.15, 0.2) is 18.2 Å². The van der Waals surface area contributed by atoms with Gasteiger partial charge in [-0.05, 0) is 18.2 Å². The van der Waals surface area contributed by atoms with Crippen LogP contribution in [0.1, 0.15) is 10.4 Å². The highest BCUT2D eigenvalue weighted by molar-refractivity contribution is 7.93. The van der Waals surface area contributed by atoms with Crippen LogP contribution in [-0.4, -0.2) is 26.6 Å². The lowest BCUT2D eigenvalue weighted by Crippen LogP contribution is -2.19. The van der Waals surface area contributed by atoms with Gasteiger partial charge in [-0.1, -0.05) is 11.6 Å². The number of amides is 1. The number of carbonyl (C=O) groups is 1. The molecule has 0 fully saturated rings. The Balaban J connectivity index is 3.11. The van der Waals surface area contributed by atoms with Crippen molar-refractivity contribution in [2.24, 2.45) is 0 Å². The van der Waals surface area contributed by atoms with E-state index in [2.05, 4.69) is 10.0 Å². The molecule has 2 N–H and O–H groups in total. The fourth-order valence-electron chi connectivity index (χ4n) is 1.08. The highest BCUT2D eigenvalue weighted by atomic mass is 35.5. The minimum Gasteiger partial charge on any atom is -0.355 e. The fourth-order valence-corrected chi connectivity index (χ4v) is 2.03. The smallest absolute Gasteiger partial charge is 0.251 e. The van der Waals surface area contributed by atoms with E-state index >= 15 is 0 Å². The van der Waals surface area contributed by atoms with Gasteiger partial charge in [-0.3, -0.25) is 9.52 Å². The Morgan fingerprint density at radius 3 is 2.59 bits per heavy atom. The molecule has 0 atom stereocenters. The van der Waals surface area contributed by atoms with Crippen molar-refractivity contribution in [2.45, 2.75) is 0 Å². The van der Waals surface area contributed by atoms with E-state index in [-0.39, 0.29) is 16.6 Å². The molecule has 0 saturated heterocycles. The highest BCUT2D eigenvalue weighted by Crippen LogP contribution is 2.24. The molecule has 0 radical (unpaired) electrons. The zero-order valence-corrected chi connectivity index (χ0v) is 11.2. The predicted octanol–water partition coefficient (Wildman–Crippen LogP) is 1.64. The SMILES string of the molecule is CNC(=O)c1ccc(Cl)c(NS(=O)(=O)CCl)c1. The van der Waals surface area contributed by atoms with E-state index in [0.717, 1.165) is 0 Å². The summed E-state index contributed by atoms with van der Waals surface area (Å²) in [6, 6.07) is 4.25. The summed E-state index contributed by atoms with van der Waals surface area (Å²) < 4.78 is 24.7. The van der Waals surface area contributed by atoms with Gasteiger partial charge in [0.1, 0.15) is 5.21 Å². The molecular weight excluding hydrogens is 287 g/mol. The predicted molar refractivity (Wildman–Crippen MR) is 68.1 cm³/mol. The van der Waals surface area contributed by atoms with Crippen molar-refractivity contribution in [1.29, 1.82) is 0 Å². The molecule has 1 aromatic rings. The summed E-state index contributed by atoms with van der Waals surface area (Å²) >= 11 is 11.1. The van der Waals surface area contributed by atoms with Crippen LogP contribution in [0.5, 0.6) is 0 Å². The molecule has 0 aromatic heterocycles. The molecule has 0 unspecified atom stereocenters. The Bertz CT molecular complexity index is 531. The third-order valence-electron chi connectivity index (χ3n) is 1.86. The van der Waals surface area contributed by atoms with Crippen LogP contribution in [0.2, 0.25) is 5.02 Å². The van der Waals surface area contributed by atoms with E-state index in [1.807, 2.05) is 0 Å². The highest BCUT2D eigenvalue weighted by Gasteiger charge is 2.13. The summed E-state index contributed by atoms with van der Waals surface area (Å²) in [5.41, 5.74) is 0.414. The first kappa shape index (κ1) is 14.1. The zero-order valence-electron chi connectivity index (χ0n) is 8.83. The van der Waals surface area contributed by atoms with Gasteiger partial charge in [0, 0.05) is 12.6 Å². The fraction of sp³-hybridized carbons (Fsp3) is 0.222. The lowest BCUT2D eigenvalue weighted by molar-refractivity contribution is 0.0963. The Kier molecular flexibility index (Phi) is 4.62. The lowest BCUT2D eigenvalue weighted by atomic mass is 10.2. The van der Waals surface area contributed by atoms with Gasteiger partial charge >= 0.3 is 0 Å². The van der Waals surface area contributed by atoms with Crippen molar-refractivity contribution in [3.8, 4) is 0 Å². The Hall–Kier alpha value is -0.980. The maximum atomic E-state index is 11.4. The Morgan fingerprint density at radius 1 is 1.41 bits per heavy atom. The maximum absolute atomic E-state index is 11.4. The molecule has 0 saturated carbocycles. The second-order valence-electron chi connectivity index (χ2n) is 3.10. The van der Waals surface area contributed by atoms with Crippen molar-refractivity contribution in [3.05, 3.63) is 28.8 Å². The number of rotatable bonds is 4. The molecule has 0 aliphatic carbocycles. The number of alkyl halides is 1. The minimum absolute atomic E-state index is 0.119. The number of hydrogen-bond acceptors (Lipinski definition) is 3. The van der Waals surface area contributed by atoms with Gasteiger partial charge in [-0.2, -0.15) is 0 Å². The molecule has 1 aromatic carbocycles. The van der Waals surface area contributed by atoms with Crippen LogP contribution >= 0.6 is 23.2 Å². The number of carbonyl (C=O) groups excluding carboxylic acids is 1. The van der Waals surface area contributed by atoms with Crippen LogP contribution in [-0.2, 0) is 10.0 Å². The van der Waals surface area contributed by atoms with Gasteiger partial charge in [0.25, 0.3) is 5.91 Å².